The van der Waals surface area contributed by atoms with Crippen molar-refractivity contribution in [3.05, 3.63) is 52.6 Å². The Morgan fingerprint density at radius 3 is 2.86 bits per heavy atom. The van der Waals surface area contributed by atoms with E-state index in [0.717, 1.165) is 5.56 Å². The second kappa shape index (κ2) is 6.66. The second-order valence-electron chi connectivity index (χ2n) is 6.84. The van der Waals surface area contributed by atoms with Crippen LogP contribution in [0.4, 0.5) is 10.3 Å². The molecule has 2 fully saturated rings. The molecular formula is C18H18FN5O4. The molecule has 1 aromatic carbocycles. The number of alkyl halides is 1. The number of H-pyrrole nitrogens is 1. The maximum atomic E-state index is 15.5. The number of nitrogens with two attached hydrogens (primary N) is 1. The molecule has 0 aliphatic carbocycles. The Morgan fingerprint density at radius 2 is 2.04 bits per heavy atom. The Labute approximate surface area is 158 Å². The van der Waals surface area contributed by atoms with Gasteiger partial charge in [-0.05, 0) is 0 Å². The van der Waals surface area contributed by atoms with E-state index >= 15 is 4.39 Å². The van der Waals surface area contributed by atoms with E-state index in [2.05, 4.69) is 15.0 Å². The third kappa shape index (κ3) is 2.77. The molecule has 0 saturated carbocycles. The van der Waals surface area contributed by atoms with Gasteiger partial charge in [0.1, 0.15) is 12.2 Å². The summed E-state index contributed by atoms with van der Waals surface area (Å²) < 4.78 is 34.4. The van der Waals surface area contributed by atoms with Gasteiger partial charge in [-0.3, -0.25) is 9.78 Å². The summed E-state index contributed by atoms with van der Waals surface area (Å²) in [5, 5.41) is 0. The summed E-state index contributed by atoms with van der Waals surface area (Å²) in [6.45, 7) is 0.303. The van der Waals surface area contributed by atoms with Crippen molar-refractivity contribution in [2.75, 3.05) is 18.9 Å². The lowest BCUT2D eigenvalue weighted by atomic mass is 9.98. The minimum Gasteiger partial charge on any atom is -0.371 e. The lowest BCUT2D eigenvalue weighted by Gasteiger charge is -2.44. The first-order valence-corrected chi connectivity index (χ1v) is 8.92. The van der Waals surface area contributed by atoms with E-state index in [1.807, 2.05) is 30.3 Å². The van der Waals surface area contributed by atoms with Gasteiger partial charge in [-0.1, -0.05) is 30.3 Å². The average molecular weight is 387 g/mol. The minimum absolute atomic E-state index is 0.0595. The molecule has 1 unspecified atom stereocenters. The molecule has 9 nitrogen and oxygen atoms in total. The Morgan fingerprint density at radius 1 is 1.21 bits per heavy atom. The Balaban J connectivity index is 1.45. The van der Waals surface area contributed by atoms with Gasteiger partial charge in [-0.15, -0.1) is 0 Å². The average Bonchev–Trinajstić information content (AvgIpc) is 3.13. The predicted molar refractivity (Wildman–Crippen MR) is 96.2 cm³/mol. The zero-order chi connectivity index (χ0) is 19.3. The first-order valence-electron chi connectivity index (χ1n) is 8.92. The highest BCUT2D eigenvalue weighted by Crippen LogP contribution is 2.37. The highest BCUT2D eigenvalue weighted by molar-refractivity contribution is 5.70. The SMILES string of the molecule is Nc1nc2c(ncn2[C@@H]2CO[C@@H]3COC(c4ccccc4)O[C@H]3[C@H]2F)c(=O)[nH]1. The van der Waals surface area contributed by atoms with Crippen LogP contribution in [0.1, 0.15) is 17.9 Å². The third-order valence-corrected chi connectivity index (χ3v) is 5.10. The molecule has 0 bridgehead atoms. The molecule has 3 aromatic rings. The van der Waals surface area contributed by atoms with Gasteiger partial charge in [-0.25, -0.2) is 9.37 Å². The largest absolute Gasteiger partial charge is 0.371 e. The molecule has 0 radical (unpaired) electrons. The van der Waals surface area contributed by atoms with Crippen LogP contribution in [0.25, 0.3) is 11.2 Å². The number of aromatic nitrogens is 4. The monoisotopic (exact) mass is 387 g/mol. The van der Waals surface area contributed by atoms with Gasteiger partial charge in [0.25, 0.3) is 5.56 Å². The first kappa shape index (κ1) is 17.3. The number of nitrogens with zero attached hydrogens (tertiary/aromatic N) is 3. The van der Waals surface area contributed by atoms with Gasteiger partial charge < -0.3 is 24.5 Å². The number of benzene rings is 1. The lowest BCUT2D eigenvalue weighted by Crippen LogP contribution is -2.54. The van der Waals surface area contributed by atoms with Crippen LogP contribution >= 0.6 is 0 Å². The van der Waals surface area contributed by atoms with E-state index in [4.69, 9.17) is 19.9 Å². The summed E-state index contributed by atoms with van der Waals surface area (Å²) in [6, 6.07) is 8.59. The molecule has 2 aliphatic rings. The normalized spacial score (nSPS) is 30.2. The zero-order valence-electron chi connectivity index (χ0n) is 14.7. The smallest absolute Gasteiger partial charge is 0.280 e. The number of nitrogens with one attached hydrogen (secondary N) is 1. The molecule has 2 saturated heterocycles. The molecule has 10 heteroatoms. The van der Waals surface area contributed by atoms with E-state index in [1.165, 1.54) is 10.9 Å². The Bertz CT molecular complexity index is 1060. The van der Waals surface area contributed by atoms with Crippen LogP contribution in [-0.2, 0) is 14.2 Å². The van der Waals surface area contributed by atoms with E-state index in [1.54, 1.807) is 0 Å². The van der Waals surface area contributed by atoms with Crippen LogP contribution < -0.4 is 11.3 Å². The van der Waals surface area contributed by atoms with Crippen molar-refractivity contribution in [3.8, 4) is 0 Å². The van der Waals surface area contributed by atoms with Crippen LogP contribution in [0.3, 0.4) is 0 Å². The summed E-state index contributed by atoms with van der Waals surface area (Å²) in [7, 11) is 0. The lowest BCUT2D eigenvalue weighted by molar-refractivity contribution is -0.298. The molecular weight excluding hydrogens is 369 g/mol. The van der Waals surface area contributed by atoms with Crippen LogP contribution in [0, 0.1) is 0 Å². The molecule has 3 N–H and O–H groups in total. The molecule has 0 spiro atoms. The van der Waals surface area contributed by atoms with Crippen LogP contribution in [0.15, 0.2) is 41.5 Å². The maximum Gasteiger partial charge on any atom is 0.280 e. The summed E-state index contributed by atoms with van der Waals surface area (Å²) in [5.41, 5.74) is 6.27. The Hall–Kier alpha value is -2.82. The van der Waals surface area contributed by atoms with Gasteiger partial charge in [0.05, 0.1) is 25.6 Å². The standard InChI is InChI=1S/C18H18FN5O4/c19-12-10(24-8-21-13-15(24)22-18(20)23-16(13)25)6-26-11-7-27-17(28-14(11)12)9-4-2-1-3-5-9/h1-5,8,10-12,14,17H,6-7H2,(H3,20,22,23,25)/t10-,11-,12+,14-,17?/m1/s1. The molecule has 28 heavy (non-hydrogen) atoms. The molecule has 5 atom stereocenters. The fraction of sp³-hybridized carbons (Fsp3) is 0.389. The second-order valence-corrected chi connectivity index (χ2v) is 6.84. The molecule has 4 heterocycles. The summed E-state index contributed by atoms with van der Waals surface area (Å²) in [6.07, 6.45) is -2.04. The van der Waals surface area contributed by atoms with E-state index in [-0.39, 0.29) is 30.3 Å². The number of imidazole rings is 1. The number of fused-ring (bicyclic) bond motifs is 2. The zero-order valence-corrected chi connectivity index (χ0v) is 14.7. The predicted octanol–water partition coefficient (Wildman–Crippen LogP) is 1.09. The molecule has 2 aromatic heterocycles. The van der Waals surface area contributed by atoms with Gasteiger partial charge in [0.2, 0.25) is 5.95 Å². The maximum absolute atomic E-state index is 15.5. The van der Waals surface area contributed by atoms with Gasteiger partial charge >= 0.3 is 0 Å². The van der Waals surface area contributed by atoms with Crippen molar-refractivity contribution < 1.29 is 18.6 Å². The summed E-state index contributed by atoms with van der Waals surface area (Å²) in [4.78, 5) is 22.5. The van der Waals surface area contributed by atoms with Crippen molar-refractivity contribution in [3.63, 3.8) is 0 Å². The van der Waals surface area contributed by atoms with E-state index in [9.17, 15) is 4.79 Å². The van der Waals surface area contributed by atoms with E-state index < -0.39 is 36.3 Å². The number of aromatic amines is 1. The molecule has 146 valence electrons. The number of ether oxygens (including phenoxy) is 3. The summed E-state index contributed by atoms with van der Waals surface area (Å²) >= 11 is 0. The van der Waals surface area contributed by atoms with Crippen molar-refractivity contribution in [1.29, 1.82) is 0 Å². The van der Waals surface area contributed by atoms with Crippen LogP contribution in [0.5, 0.6) is 0 Å². The highest BCUT2D eigenvalue weighted by atomic mass is 19.1. The molecule has 0 amide bonds. The highest BCUT2D eigenvalue weighted by Gasteiger charge is 2.47. The molecule has 5 rings (SSSR count). The fourth-order valence-electron chi connectivity index (χ4n) is 3.71. The van der Waals surface area contributed by atoms with E-state index in [0.29, 0.717) is 0 Å². The quantitative estimate of drug-likeness (QED) is 0.676. The number of halogens is 1. The topological polar surface area (TPSA) is 117 Å². The van der Waals surface area contributed by atoms with Crippen molar-refractivity contribution >= 4 is 17.1 Å². The molecule has 2 aliphatic heterocycles. The number of hydrogen-bond acceptors (Lipinski definition) is 7. The third-order valence-electron chi connectivity index (χ3n) is 5.10. The van der Waals surface area contributed by atoms with Gasteiger partial charge in [0, 0.05) is 5.56 Å². The van der Waals surface area contributed by atoms with Gasteiger partial charge in [-0.2, -0.15) is 4.98 Å². The minimum atomic E-state index is -1.41. The van der Waals surface area contributed by atoms with Crippen molar-refractivity contribution in [2.45, 2.75) is 30.7 Å². The number of anilines is 1. The van der Waals surface area contributed by atoms with Crippen molar-refractivity contribution in [1.82, 2.24) is 19.5 Å². The number of nitrogen functional groups attached to an aromatic ring is 1. The van der Waals surface area contributed by atoms with Gasteiger partial charge in [0.15, 0.2) is 23.6 Å². The van der Waals surface area contributed by atoms with Crippen molar-refractivity contribution in [2.24, 2.45) is 0 Å². The Kier molecular flexibility index (Phi) is 4.11. The fourth-order valence-corrected chi connectivity index (χ4v) is 3.71. The first-order chi connectivity index (χ1) is 13.6. The van der Waals surface area contributed by atoms with Crippen LogP contribution in [0.2, 0.25) is 0 Å². The number of rotatable bonds is 2. The number of hydrogen-bond donors (Lipinski definition) is 2. The summed E-state index contributed by atoms with van der Waals surface area (Å²) in [5.74, 6) is -0.0595. The van der Waals surface area contributed by atoms with Crippen LogP contribution in [-0.4, -0.2) is 51.1 Å².